The number of benzene rings is 1. The van der Waals surface area contributed by atoms with Crippen molar-refractivity contribution in [2.24, 2.45) is 5.92 Å². The molecule has 0 aliphatic carbocycles. The van der Waals surface area contributed by atoms with Gasteiger partial charge >= 0.3 is 5.97 Å². The van der Waals surface area contributed by atoms with E-state index in [1.54, 1.807) is 0 Å². The molecule has 3 heteroatoms. The van der Waals surface area contributed by atoms with Gasteiger partial charge in [0.05, 0.1) is 13.0 Å². The molecule has 1 aromatic carbocycles. The van der Waals surface area contributed by atoms with Crippen molar-refractivity contribution in [2.75, 3.05) is 7.11 Å². The lowest BCUT2D eigenvalue weighted by Gasteiger charge is -2.36. The number of fused-ring (bicyclic) bond motifs is 2. The van der Waals surface area contributed by atoms with Crippen LogP contribution in [0.4, 0.5) is 0 Å². The molecule has 1 N–H and O–H groups in total. The quantitative estimate of drug-likeness (QED) is 0.669. The van der Waals surface area contributed by atoms with E-state index in [1.165, 1.54) is 12.7 Å². The SMILES string of the molecule is CC#Cc1ccc([C@H]2C[C@@H]3CC[C@@H](N3)[C@H]2C(=O)OC)cc1. The first-order valence-electron chi connectivity index (χ1n) is 7.59. The first-order chi connectivity index (χ1) is 10.2. The molecular formula is C18H21NO2. The van der Waals surface area contributed by atoms with Crippen molar-refractivity contribution in [3.8, 4) is 11.8 Å². The minimum atomic E-state index is -0.0877. The van der Waals surface area contributed by atoms with Crippen molar-refractivity contribution >= 4 is 5.97 Å². The molecule has 2 bridgehead atoms. The van der Waals surface area contributed by atoms with E-state index >= 15 is 0 Å². The van der Waals surface area contributed by atoms with Gasteiger partial charge in [0.25, 0.3) is 0 Å². The molecule has 1 aromatic rings. The lowest BCUT2D eigenvalue weighted by Crippen LogP contribution is -2.48. The van der Waals surface area contributed by atoms with Gasteiger partial charge in [-0.05, 0) is 43.9 Å². The minimum Gasteiger partial charge on any atom is -0.469 e. The Morgan fingerprint density at radius 1 is 1.29 bits per heavy atom. The number of nitrogens with one attached hydrogen (secondary N) is 1. The molecule has 2 heterocycles. The molecular weight excluding hydrogens is 262 g/mol. The van der Waals surface area contributed by atoms with Gasteiger partial charge in [-0.15, -0.1) is 5.92 Å². The lowest BCUT2D eigenvalue weighted by atomic mass is 9.77. The van der Waals surface area contributed by atoms with Gasteiger partial charge in [0.1, 0.15) is 0 Å². The van der Waals surface area contributed by atoms with Crippen LogP contribution in [-0.4, -0.2) is 25.2 Å². The average molecular weight is 283 g/mol. The second-order valence-electron chi connectivity index (χ2n) is 5.94. The number of methoxy groups -OCH3 is 1. The highest BCUT2D eigenvalue weighted by Crippen LogP contribution is 2.42. The number of esters is 1. The Kier molecular flexibility index (Phi) is 3.98. The van der Waals surface area contributed by atoms with Crippen molar-refractivity contribution in [1.29, 1.82) is 0 Å². The van der Waals surface area contributed by atoms with Crippen LogP contribution < -0.4 is 5.32 Å². The van der Waals surface area contributed by atoms with Gasteiger partial charge < -0.3 is 10.1 Å². The molecule has 0 amide bonds. The maximum absolute atomic E-state index is 12.2. The third-order valence-electron chi connectivity index (χ3n) is 4.76. The van der Waals surface area contributed by atoms with Gasteiger partial charge in [-0.3, -0.25) is 4.79 Å². The summed E-state index contributed by atoms with van der Waals surface area (Å²) in [7, 11) is 1.49. The van der Waals surface area contributed by atoms with Gasteiger partial charge in [0.15, 0.2) is 0 Å². The Bertz CT molecular complexity index is 581. The second kappa shape index (κ2) is 5.91. The zero-order chi connectivity index (χ0) is 14.8. The number of hydrogen-bond donors (Lipinski definition) is 1. The number of carbonyl (C=O) groups excluding carboxylic acids is 1. The summed E-state index contributed by atoms with van der Waals surface area (Å²) in [4.78, 5) is 12.2. The summed E-state index contributed by atoms with van der Waals surface area (Å²) in [5.74, 6) is 6.06. The average Bonchev–Trinajstić information content (AvgIpc) is 2.89. The summed E-state index contributed by atoms with van der Waals surface area (Å²) >= 11 is 0. The lowest BCUT2D eigenvalue weighted by molar-refractivity contribution is -0.148. The van der Waals surface area contributed by atoms with E-state index in [0.717, 1.165) is 24.8 Å². The van der Waals surface area contributed by atoms with Gasteiger partial charge in [-0.25, -0.2) is 0 Å². The standard InChI is InChI=1S/C18H21NO2/c1-3-4-12-5-7-13(8-6-12)15-11-14-9-10-16(19-14)17(15)18(20)21-2/h5-8,14-17,19H,9-11H2,1-2H3/t14-,15+,16+,17-/m0/s1. The van der Waals surface area contributed by atoms with E-state index in [1.807, 2.05) is 19.1 Å². The number of carbonyl (C=O) groups is 1. The van der Waals surface area contributed by atoms with Crippen LogP contribution in [0.3, 0.4) is 0 Å². The zero-order valence-electron chi connectivity index (χ0n) is 12.6. The van der Waals surface area contributed by atoms with E-state index in [2.05, 4.69) is 29.3 Å². The molecule has 21 heavy (non-hydrogen) atoms. The molecule has 2 aliphatic heterocycles. The summed E-state index contributed by atoms with van der Waals surface area (Å²) in [5, 5.41) is 3.56. The molecule has 0 aromatic heterocycles. The zero-order valence-corrected chi connectivity index (χ0v) is 12.6. The summed E-state index contributed by atoms with van der Waals surface area (Å²) in [6.45, 7) is 1.84. The number of ether oxygens (including phenoxy) is 1. The fourth-order valence-corrected chi connectivity index (χ4v) is 3.82. The molecule has 0 saturated carbocycles. The fourth-order valence-electron chi connectivity index (χ4n) is 3.82. The largest absolute Gasteiger partial charge is 0.469 e. The van der Waals surface area contributed by atoms with E-state index in [4.69, 9.17) is 4.74 Å². The van der Waals surface area contributed by atoms with Gasteiger partial charge in [0, 0.05) is 23.6 Å². The maximum Gasteiger partial charge on any atom is 0.310 e. The van der Waals surface area contributed by atoms with Crippen molar-refractivity contribution in [2.45, 2.75) is 44.2 Å². The van der Waals surface area contributed by atoms with Gasteiger partial charge in [0.2, 0.25) is 0 Å². The Morgan fingerprint density at radius 3 is 2.71 bits per heavy atom. The smallest absolute Gasteiger partial charge is 0.310 e. The van der Waals surface area contributed by atoms with E-state index in [-0.39, 0.29) is 23.8 Å². The van der Waals surface area contributed by atoms with Gasteiger partial charge in [-0.2, -0.15) is 0 Å². The van der Waals surface area contributed by atoms with Crippen LogP contribution >= 0.6 is 0 Å². The van der Waals surface area contributed by atoms with Crippen molar-refractivity contribution in [1.82, 2.24) is 5.32 Å². The fraction of sp³-hybridized carbons (Fsp3) is 0.500. The minimum absolute atomic E-state index is 0.0724. The third-order valence-corrected chi connectivity index (χ3v) is 4.76. The first-order valence-corrected chi connectivity index (χ1v) is 7.59. The normalized spacial score (nSPS) is 30.4. The molecule has 2 fully saturated rings. The predicted octanol–water partition coefficient (Wildman–Crippen LogP) is 2.46. The highest BCUT2D eigenvalue weighted by Gasteiger charge is 2.46. The van der Waals surface area contributed by atoms with Crippen LogP contribution in [0.2, 0.25) is 0 Å². The summed E-state index contributed by atoms with van der Waals surface area (Å²) in [6, 6.07) is 9.12. The van der Waals surface area contributed by atoms with Crippen molar-refractivity contribution in [3.05, 3.63) is 35.4 Å². The highest BCUT2D eigenvalue weighted by molar-refractivity contribution is 5.75. The molecule has 2 aliphatic rings. The van der Waals surface area contributed by atoms with E-state index in [9.17, 15) is 4.79 Å². The second-order valence-corrected chi connectivity index (χ2v) is 5.94. The molecule has 2 saturated heterocycles. The van der Waals surface area contributed by atoms with E-state index < -0.39 is 0 Å². The Morgan fingerprint density at radius 2 is 2.05 bits per heavy atom. The Hall–Kier alpha value is -1.79. The topological polar surface area (TPSA) is 38.3 Å². The van der Waals surface area contributed by atoms with Crippen LogP contribution in [0, 0.1) is 17.8 Å². The summed E-state index contributed by atoms with van der Waals surface area (Å²) in [6.07, 6.45) is 3.24. The molecule has 3 rings (SSSR count). The van der Waals surface area contributed by atoms with Crippen LogP contribution in [0.5, 0.6) is 0 Å². The number of piperidine rings is 1. The summed E-state index contributed by atoms with van der Waals surface area (Å²) < 4.78 is 5.05. The molecule has 110 valence electrons. The predicted molar refractivity (Wildman–Crippen MR) is 81.8 cm³/mol. The van der Waals surface area contributed by atoms with Gasteiger partial charge in [-0.1, -0.05) is 18.1 Å². The molecule has 4 atom stereocenters. The summed E-state index contributed by atoms with van der Waals surface area (Å²) in [5.41, 5.74) is 2.25. The van der Waals surface area contributed by atoms with Crippen LogP contribution in [0.15, 0.2) is 24.3 Å². The number of hydrogen-bond acceptors (Lipinski definition) is 3. The Balaban J connectivity index is 1.90. The third kappa shape index (κ3) is 2.69. The van der Waals surface area contributed by atoms with Crippen LogP contribution in [-0.2, 0) is 9.53 Å². The van der Waals surface area contributed by atoms with E-state index in [0.29, 0.717) is 6.04 Å². The van der Waals surface area contributed by atoms with Crippen molar-refractivity contribution in [3.63, 3.8) is 0 Å². The number of rotatable bonds is 2. The maximum atomic E-state index is 12.2. The molecule has 0 radical (unpaired) electrons. The molecule has 3 nitrogen and oxygen atoms in total. The Labute approximate surface area is 126 Å². The molecule has 0 spiro atoms. The van der Waals surface area contributed by atoms with Crippen LogP contribution in [0.1, 0.15) is 43.2 Å². The highest BCUT2D eigenvalue weighted by atomic mass is 16.5. The molecule has 0 unspecified atom stereocenters. The van der Waals surface area contributed by atoms with Crippen LogP contribution in [0.25, 0.3) is 0 Å². The van der Waals surface area contributed by atoms with Crippen molar-refractivity contribution < 1.29 is 9.53 Å². The monoisotopic (exact) mass is 283 g/mol. The first kappa shape index (κ1) is 14.2.